The third-order valence-corrected chi connectivity index (χ3v) is 5.84. The summed E-state index contributed by atoms with van der Waals surface area (Å²) < 4.78 is 11.8. The average molecular weight is 341 g/mol. The van der Waals surface area contributed by atoms with Gasteiger partial charge in [0.25, 0.3) is 0 Å². The molecule has 26 heavy (non-hydrogen) atoms. The molecule has 3 aromatic carbocycles. The first kappa shape index (κ1) is 14.5. The Hall–Kier alpha value is -2.62. The Morgan fingerprint density at radius 3 is 2.15 bits per heavy atom. The standard InChI is InChI=1S/C23H19NO2/c1-2-7-15-14(6-1)16-8-3-4-9-18(16)21-20-17(15)10-5-11-19(20)24-22(21)23-25-12-13-26-23/h1-11,21-24H,12-13H2. The fourth-order valence-corrected chi connectivity index (χ4v) is 4.83. The van der Waals surface area contributed by atoms with Crippen molar-refractivity contribution in [2.24, 2.45) is 0 Å². The van der Waals surface area contributed by atoms with E-state index in [1.807, 2.05) is 0 Å². The molecule has 3 aliphatic rings. The first-order chi connectivity index (χ1) is 12.9. The number of hydrogen-bond donors (Lipinski definition) is 1. The highest BCUT2D eigenvalue weighted by Crippen LogP contribution is 2.53. The quantitative estimate of drug-likeness (QED) is 0.700. The van der Waals surface area contributed by atoms with Gasteiger partial charge in [-0.05, 0) is 39.4 Å². The largest absolute Gasteiger partial charge is 0.376 e. The third kappa shape index (κ3) is 1.90. The molecule has 0 bridgehead atoms. The van der Waals surface area contributed by atoms with Crippen molar-refractivity contribution >= 4 is 5.69 Å². The summed E-state index contributed by atoms with van der Waals surface area (Å²) in [6.07, 6.45) is -0.213. The van der Waals surface area contributed by atoms with Crippen molar-refractivity contribution in [3.8, 4) is 22.3 Å². The smallest absolute Gasteiger partial charge is 0.178 e. The van der Waals surface area contributed by atoms with Gasteiger partial charge in [0.2, 0.25) is 0 Å². The van der Waals surface area contributed by atoms with Gasteiger partial charge in [-0.15, -0.1) is 0 Å². The Morgan fingerprint density at radius 1 is 0.692 bits per heavy atom. The molecule has 1 N–H and O–H groups in total. The van der Waals surface area contributed by atoms with Gasteiger partial charge in [0.05, 0.1) is 19.3 Å². The van der Waals surface area contributed by atoms with Crippen LogP contribution in [0.2, 0.25) is 0 Å². The molecule has 2 aliphatic heterocycles. The van der Waals surface area contributed by atoms with Gasteiger partial charge in [0.15, 0.2) is 6.29 Å². The summed E-state index contributed by atoms with van der Waals surface area (Å²) in [6.45, 7) is 1.33. The molecule has 0 saturated carbocycles. The Morgan fingerprint density at radius 2 is 1.35 bits per heavy atom. The summed E-state index contributed by atoms with van der Waals surface area (Å²) in [5, 5.41) is 3.71. The highest BCUT2D eigenvalue weighted by atomic mass is 16.7. The number of ether oxygens (including phenoxy) is 2. The van der Waals surface area contributed by atoms with E-state index in [9.17, 15) is 0 Å². The van der Waals surface area contributed by atoms with E-state index >= 15 is 0 Å². The van der Waals surface area contributed by atoms with Gasteiger partial charge in [0, 0.05) is 11.6 Å². The van der Waals surface area contributed by atoms with Gasteiger partial charge in [-0.25, -0.2) is 0 Å². The van der Waals surface area contributed by atoms with Crippen molar-refractivity contribution < 1.29 is 9.47 Å². The van der Waals surface area contributed by atoms with Gasteiger partial charge >= 0.3 is 0 Å². The molecular weight excluding hydrogens is 322 g/mol. The van der Waals surface area contributed by atoms with Crippen LogP contribution in [0.5, 0.6) is 0 Å². The third-order valence-electron chi connectivity index (χ3n) is 5.84. The second kappa shape index (κ2) is 5.44. The van der Waals surface area contributed by atoms with Crippen LogP contribution >= 0.6 is 0 Å². The van der Waals surface area contributed by atoms with Crippen molar-refractivity contribution in [3.05, 3.63) is 77.9 Å². The van der Waals surface area contributed by atoms with Crippen LogP contribution in [0.15, 0.2) is 66.7 Å². The lowest BCUT2D eigenvalue weighted by Gasteiger charge is -2.26. The van der Waals surface area contributed by atoms with Crippen LogP contribution in [0.4, 0.5) is 5.69 Å². The number of hydrogen-bond acceptors (Lipinski definition) is 3. The molecule has 2 unspecified atom stereocenters. The van der Waals surface area contributed by atoms with Crippen LogP contribution in [0.1, 0.15) is 17.0 Å². The molecule has 2 atom stereocenters. The van der Waals surface area contributed by atoms with Crippen molar-refractivity contribution in [3.63, 3.8) is 0 Å². The molecule has 1 saturated heterocycles. The number of benzene rings is 3. The zero-order valence-corrected chi connectivity index (χ0v) is 14.3. The van der Waals surface area contributed by atoms with Crippen LogP contribution in [0, 0.1) is 0 Å². The molecule has 1 aliphatic carbocycles. The molecule has 6 rings (SSSR count). The fourth-order valence-electron chi connectivity index (χ4n) is 4.83. The predicted octanol–water partition coefficient (Wildman–Crippen LogP) is 4.63. The van der Waals surface area contributed by atoms with Gasteiger partial charge < -0.3 is 14.8 Å². The minimum absolute atomic E-state index is 0.0871. The van der Waals surface area contributed by atoms with E-state index in [0.717, 1.165) is 0 Å². The number of nitrogens with one attached hydrogen (secondary N) is 1. The monoisotopic (exact) mass is 341 g/mol. The lowest BCUT2D eigenvalue weighted by molar-refractivity contribution is -0.0554. The lowest BCUT2D eigenvalue weighted by Crippen LogP contribution is -2.36. The summed E-state index contributed by atoms with van der Waals surface area (Å²) in [4.78, 5) is 0. The Bertz CT molecular complexity index is 1010. The normalized spacial score (nSPS) is 22.9. The fraction of sp³-hybridized carbons (Fsp3) is 0.217. The first-order valence-electron chi connectivity index (χ1n) is 9.23. The first-order valence-corrected chi connectivity index (χ1v) is 9.23. The second-order valence-electron chi connectivity index (χ2n) is 7.16. The van der Waals surface area contributed by atoms with Crippen LogP contribution in [-0.4, -0.2) is 25.5 Å². The van der Waals surface area contributed by atoms with Crippen LogP contribution in [0.3, 0.4) is 0 Å². The van der Waals surface area contributed by atoms with Crippen molar-refractivity contribution in [2.45, 2.75) is 18.2 Å². The summed E-state index contributed by atoms with van der Waals surface area (Å²) in [6, 6.07) is 24.2. The molecule has 3 aromatic rings. The predicted molar refractivity (Wildman–Crippen MR) is 102 cm³/mol. The maximum atomic E-state index is 5.91. The zero-order chi connectivity index (χ0) is 17.1. The summed E-state index contributed by atoms with van der Waals surface area (Å²) >= 11 is 0. The summed E-state index contributed by atoms with van der Waals surface area (Å²) in [7, 11) is 0. The average Bonchev–Trinajstić information content (AvgIpc) is 3.32. The number of anilines is 1. The van der Waals surface area contributed by atoms with Crippen LogP contribution in [0.25, 0.3) is 22.3 Å². The Kier molecular flexibility index (Phi) is 3.04. The van der Waals surface area contributed by atoms with Gasteiger partial charge in [0.1, 0.15) is 0 Å². The van der Waals surface area contributed by atoms with E-state index in [4.69, 9.17) is 9.47 Å². The Labute approximate surface area is 152 Å². The minimum atomic E-state index is -0.213. The number of rotatable bonds is 1. The van der Waals surface area contributed by atoms with Crippen molar-refractivity contribution in [2.75, 3.05) is 18.5 Å². The summed E-state index contributed by atoms with van der Waals surface area (Å²) in [5.74, 6) is 0.216. The molecule has 0 spiro atoms. The topological polar surface area (TPSA) is 30.5 Å². The van der Waals surface area contributed by atoms with E-state index in [1.165, 1.54) is 39.1 Å². The van der Waals surface area contributed by atoms with E-state index in [1.54, 1.807) is 0 Å². The molecule has 0 amide bonds. The molecular formula is C23H19NO2. The van der Waals surface area contributed by atoms with E-state index in [-0.39, 0.29) is 18.2 Å². The molecule has 2 heterocycles. The lowest BCUT2D eigenvalue weighted by atomic mass is 9.84. The number of fused-ring (bicyclic) bond motifs is 5. The minimum Gasteiger partial charge on any atom is -0.376 e. The van der Waals surface area contributed by atoms with Crippen molar-refractivity contribution in [1.29, 1.82) is 0 Å². The van der Waals surface area contributed by atoms with Crippen LogP contribution in [-0.2, 0) is 9.47 Å². The van der Waals surface area contributed by atoms with E-state index in [0.29, 0.717) is 13.2 Å². The van der Waals surface area contributed by atoms with Gasteiger partial charge in [-0.2, -0.15) is 0 Å². The Balaban J connectivity index is 1.68. The maximum Gasteiger partial charge on any atom is 0.178 e. The summed E-state index contributed by atoms with van der Waals surface area (Å²) in [5.41, 5.74) is 9.14. The second-order valence-corrected chi connectivity index (χ2v) is 7.16. The zero-order valence-electron chi connectivity index (χ0n) is 14.3. The molecule has 3 heteroatoms. The molecule has 1 fully saturated rings. The van der Waals surface area contributed by atoms with Gasteiger partial charge in [-0.3, -0.25) is 0 Å². The highest BCUT2D eigenvalue weighted by molar-refractivity contribution is 5.92. The van der Waals surface area contributed by atoms with Crippen LogP contribution < -0.4 is 5.32 Å². The SMILES string of the molecule is c1ccc2c(c1)-c1ccccc1C1c3c(cccc3-2)NC1C1OCCO1. The molecule has 3 nitrogen and oxygen atoms in total. The van der Waals surface area contributed by atoms with Gasteiger partial charge in [-0.1, -0.05) is 60.7 Å². The molecule has 128 valence electrons. The van der Waals surface area contributed by atoms with Crippen molar-refractivity contribution in [1.82, 2.24) is 0 Å². The molecule has 0 radical (unpaired) electrons. The highest BCUT2D eigenvalue weighted by Gasteiger charge is 2.44. The maximum absolute atomic E-state index is 5.91. The molecule has 0 aromatic heterocycles. The van der Waals surface area contributed by atoms with E-state index in [2.05, 4.69) is 72.0 Å². The van der Waals surface area contributed by atoms with E-state index < -0.39 is 0 Å².